The molecule has 128 valence electrons. The highest BCUT2D eigenvalue weighted by atomic mass is 32.1. The number of carbonyl (C=O) groups excluding carboxylic acids is 2. The zero-order valence-electron chi connectivity index (χ0n) is 13.7. The molecule has 6 nitrogen and oxygen atoms in total. The molecule has 0 aliphatic rings. The second-order valence-corrected chi connectivity index (χ2v) is 6.69. The molecule has 1 heterocycles. The number of thiophene rings is 1. The van der Waals surface area contributed by atoms with Gasteiger partial charge in [0, 0.05) is 6.54 Å². The molecule has 0 aliphatic carbocycles. The van der Waals surface area contributed by atoms with Crippen LogP contribution in [0.15, 0.2) is 17.5 Å². The van der Waals surface area contributed by atoms with Gasteiger partial charge in [-0.3, -0.25) is 14.4 Å². The van der Waals surface area contributed by atoms with Gasteiger partial charge in [0.05, 0.1) is 10.8 Å². The summed E-state index contributed by atoms with van der Waals surface area (Å²) in [4.78, 5) is 36.1. The number of hydrogen-bond acceptors (Lipinski definition) is 4. The Kier molecular flexibility index (Phi) is 7.74. The smallest absolute Gasteiger partial charge is 0.308 e. The monoisotopic (exact) mass is 340 g/mol. The highest BCUT2D eigenvalue weighted by Gasteiger charge is 2.26. The fourth-order valence-electron chi connectivity index (χ4n) is 2.15. The summed E-state index contributed by atoms with van der Waals surface area (Å²) in [6.45, 7) is 5.63. The third-order valence-electron chi connectivity index (χ3n) is 3.49. The summed E-state index contributed by atoms with van der Waals surface area (Å²) in [7, 11) is 0. The minimum absolute atomic E-state index is 0.0695. The van der Waals surface area contributed by atoms with E-state index in [2.05, 4.69) is 10.6 Å². The van der Waals surface area contributed by atoms with Crippen molar-refractivity contribution >= 4 is 29.1 Å². The average Bonchev–Trinajstić information content (AvgIpc) is 3.02. The van der Waals surface area contributed by atoms with Crippen LogP contribution in [0, 0.1) is 11.8 Å². The van der Waals surface area contributed by atoms with Gasteiger partial charge in [-0.05, 0) is 23.8 Å². The van der Waals surface area contributed by atoms with Gasteiger partial charge in [0.15, 0.2) is 0 Å². The van der Waals surface area contributed by atoms with Crippen LogP contribution in [-0.2, 0) is 9.59 Å². The highest BCUT2D eigenvalue weighted by Crippen LogP contribution is 2.11. The molecule has 1 rings (SSSR count). The van der Waals surface area contributed by atoms with Crippen LogP contribution in [0.25, 0.3) is 0 Å². The molecule has 0 aliphatic heterocycles. The van der Waals surface area contributed by atoms with Crippen molar-refractivity contribution < 1.29 is 19.5 Å². The molecular formula is C16H24N2O4S. The Labute approximate surface area is 140 Å². The predicted molar refractivity (Wildman–Crippen MR) is 89.5 cm³/mol. The fourth-order valence-corrected chi connectivity index (χ4v) is 2.78. The Bertz CT molecular complexity index is 528. The number of nitrogens with one attached hydrogen (secondary N) is 2. The number of carbonyl (C=O) groups is 3. The van der Waals surface area contributed by atoms with E-state index >= 15 is 0 Å². The lowest BCUT2D eigenvalue weighted by molar-refractivity contribution is -0.142. The van der Waals surface area contributed by atoms with E-state index in [1.165, 1.54) is 11.3 Å². The van der Waals surface area contributed by atoms with Crippen molar-refractivity contribution in [2.24, 2.45) is 11.8 Å². The van der Waals surface area contributed by atoms with Gasteiger partial charge < -0.3 is 15.7 Å². The van der Waals surface area contributed by atoms with Crippen LogP contribution < -0.4 is 10.6 Å². The van der Waals surface area contributed by atoms with Crippen LogP contribution in [0.4, 0.5) is 0 Å². The maximum atomic E-state index is 12.3. The lowest BCUT2D eigenvalue weighted by Crippen LogP contribution is -2.50. The van der Waals surface area contributed by atoms with E-state index in [1.807, 2.05) is 20.8 Å². The van der Waals surface area contributed by atoms with Gasteiger partial charge in [0.25, 0.3) is 5.91 Å². The van der Waals surface area contributed by atoms with Crippen LogP contribution >= 0.6 is 11.3 Å². The van der Waals surface area contributed by atoms with Gasteiger partial charge in [-0.25, -0.2) is 0 Å². The SMILES string of the molecule is CCCC(CNC(=O)C(NC(=O)c1cccs1)C(C)C)C(=O)O. The second-order valence-electron chi connectivity index (χ2n) is 5.74. The molecule has 2 unspecified atom stereocenters. The molecule has 0 fully saturated rings. The molecule has 0 aromatic carbocycles. The minimum atomic E-state index is -0.920. The Morgan fingerprint density at radius 2 is 2.00 bits per heavy atom. The number of aliphatic carboxylic acids is 1. The van der Waals surface area contributed by atoms with Crippen molar-refractivity contribution in [2.75, 3.05) is 6.54 Å². The number of carboxylic acid groups (broad SMARTS) is 1. The normalized spacial score (nSPS) is 13.4. The first-order valence-corrected chi connectivity index (χ1v) is 8.59. The minimum Gasteiger partial charge on any atom is -0.481 e. The number of carboxylic acids is 1. The van der Waals surface area contributed by atoms with Crippen LogP contribution in [-0.4, -0.2) is 35.5 Å². The average molecular weight is 340 g/mol. The molecule has 3 N–H and O–H groups in total. The molecule has 0 bridgehead atoms. The van der Waals surface area contributed by atoms with E-state index in [0.29, 0.717) is 11.3 Å². The van der Waals surface area contributed by atoms with E-state index < -0.39 is 17.9 Å². The molecule has 2 atom stereocenters. The first kappa shape index (κ1) is 19.2. The quantitative estimate of drug-likeness (QED) is 0.641. The summed E-state index contributed by atoms with van der Waals surface area (Å²) >= 11 is 1.30. The maximum absolute atomic E-state index is 12.3. The van der Waals surface area contributed by atoms with E-state index in [0.717, 1.165) is 6.42 Å². The van der Waals surface area contributed by atoms with E-state index in [-0.39, 0.29) is 24.3 Å². The number of rotatable bonds is 9. The van der Waals surface area contributed by atoms with Gasteiger partial charge >= 0.3 is 5.97 Å². The van der Waals surface area contributed by atoms with Gasteiger partial charge in [-0.2, -0.15) is 0 Å². The third kappa shape index (κ3) is 6.02. The van der Waals surface area contributed by atoms with Gasteiger partial charge in [-0.1, -0.05) is 33.3 Å². The summed E-state index contributed by atoms with van der Waals surface area (Å²) in [6.07, 6.45) is 1.24. The summed E-state index contributed by atoms with van der Waals surface area (Å²) < 4.78 is 0. The topological polar surface area (TPSA) is 95.5 Å². The fraction of sp³-hybridized carbons (Fsp3) is 0.562. The van der Waals surface area contributed by atoms with E-state index in [1.54, 1.807) is 17.5 Å². The molecule has 23 heavy (non-hydrogen) atoms. The maximum Gasteiger partial charge on any atom is 0.308 e. The van der Waals surface area contributed by atoms with Crippen molar-refractivity contribution in [2.45, 2.75) is 39.7 Å². The first-order valence-electron chi connectivity index (χ1n) is 7.71. The zero-order chi connectivity index (χ0) is 17.4. The van der Waals surface area contributed by atoms with Crippen molar-refractivity contribution in [3.05, 3.63) is 22.4 Å². The van der Waals surface area contributed by atoms with Gasteiger partial charge in [-0.15, -0.1) is 11.3 Å². The van der Waals surface area contributed by atoms with Crippen LogP contribution in [0.5, 0.6) is 0 Å². The van der Waals surface area contributed by atoms with Crippen LogP contribution in [0.3, 0.4) is 0 Å². The summed E-state index contributed by atoms with van der Waals surface area (Å²) in [5.41, 5.74) is 0. The second kappa shape index (κ2) is 9.29. The molecule has 1 aromatic heterocycles. The summed E-state index contributed by atoms with van der Waals surface area (Å²) in [5, 5.41) is 16.3. The number of hydrogen-bond donors (Lipinski definition) is 3. The molecule has 2 amide bonds. The predicted octanol–water partition coefficient (Wildman–Crippen LogP) is 2.12. The van der Waals surface area contributed by atoms with Gasteiger partial charge in [0.2, 0.25) is 5.91 Å². The molecule has 0 spiro atoms. The summed E-state index contributed by atoms with van der Waals surface area (Å²) in [5.74, 6) is -2.28. The van der Waals surface area contributed by atoms with Crippen molar-refractivity contribution in [1.82, 2.24) is 10.6 Å². The van der Waals surface area contributed by atoms with Gasteiger partial charge in [0.1, 0.15) is 6.04 Å². The Hall–Kier alpha value is -1.89. The highest BCUT2D eigenvalue weighted by molar-refractivity contribution is 7.12. The van der Waals surface area contributed by atoms with Crippen LogP contribution in [0.1, 0.15) is 43.3 Å². The standard InChI is InChI=1S/C16H24N2O4S/c1-4-6-11(16(21)22)9-17-15(20)13(10(2)3)18-14(19)12-7-5-8-23-12/h5,7-8,10-11,13H,4,6,9H2,1-3H3,(H,17,20)(H,18,19)(H,21,22). The Morgan fingerprint density at radius 1 is 1.30 bits per heavy atom. The third-order valence-corrected chi connectivity index (χ3v) is 4.36. The summed E-state index contributed by atoms with van der Waals surface area (Å²) in [6, 6.07) is 2.77. The van der Waals surface area contributed by atoms with Crippen LogP contribution in [0.2, 0.25) is 0 Å². The van der Waals surface area contributed by atoms with E-state index in [9.17, 15) is 14.4 Å². The van der Waals surface area contributed by atoms with E-state index in [4.69, 9.17) is 5.11 Å². The number of amides is 2. The largest absolute Gasteiger partial charge is 0.481 e. The van der Waals surface area contributed by atoms with Crippen molar-refractivity contribution in [1.29, 1.82) is 0 Å². The molecule has 0 radical (unpaired) electrons. The molecule has 0 saturated carbocycles. The van der Waals surface area contributed by atoms with Crippen molar-refractivity contribution in [3.8, 4) is 0 Å². The first-order chi connectivity index (χ1) is 10.9. The lowest BCUT2D eigenvalue weighted by Gasteiger charge is -2.22. The Balaban J connectivity index is 2.64. The molecule has 7 heteroatoms. The zero-order valence-corrected chi connectivity index (χ0v) is 14.5. The lowest BCUT2D eigenvalue weighted by atomic mass is 10.0. The molecule has 1 aromatic rings. The van der Waals surface area contributed by atoms with Crippen molar-refractivity contribution in [3.63, 3.8) is 0 Å². The molecular weight excluding hydrogens is 316 g/mol. The Morgan fingerprint density at radius 3 is 2.48 bits per heavy atom. The molecule has 0 saturated heterocycles.